The highest BCUT2D eigenvalue weighted by Crippen LogP contribution is 2.33. The number of sulfonamides is 1. The highest BCUT2D eigenvalue weighted by Gasteiger charge is 2.35. The molecule has 12 heteroatoms. The Morgan fingerprint density at radius 1 is 0.931 bits per heavy atom. The molecular formula is C17H20F3N3O5S. The zero-order valence-electron chi connectivity index (χ0n) is 15.0. The van der Waals surface area contributed by atoms with Crippen molar-refractivity contribution in [2.24, 2.45) is 5.14 Å². The van der Waals surface area contributed by atoms with E-state index in [0.29, 0.717) is 5.56 Å². The smallest absolute Gasteiger partial charge is 0.412 e. The summed E-state index contributed by atoms with van der Waals surface area (Å²) in [7, 11) is -3.90. The normalized spacial score (nSPS) is 11.1. The van der Waals surface area contributed by atoms with Crippen LogP contribution < -0.4 is 5.14 Å². The number of alkyl halides is 3. The van der Waals surface area contributed by atoms with Crippen LogP contribution in [0.5, 0.6) is 0 Å². The highest BCUT2D eigenvalue weighted by atomic mass is 32.2. The summed E-state index contributed by atoms with van der Waals surface area (Å²) in [6, 6.07) is 13.1. The van der Waals surface area contributed by atoms with Gasteiger partial charge >= 0.3 is 6.18 Å². The van der Waals surface area contributed by atoms with Crippen molar-refractivity contribution in [3.05, 3.63) is 65.9 Å². The third-order valence-corrected chi connectivity index (χ3v) is 4.69. The average Bonchev–Trinajstić information content (AvgIpc) is 3.00. The maximum atomic E-state index is 13.1. The Morgan fingerprint density at radius 3 is 1.90 bits per heavy atom. The molecule has 160 valence electrons. The Hall–Kier alpha value is -2.77. The molecule has 3 rings (SSSR count). The van der Waals surface area contributed by atoms with Crippen LogP contribution in [0.2, 0.25) is 0 Å². The largest absolute Gasteiger partial charge is 0.435 e. The molecular weight excluding hydrogens is 415 g/mol. The van der Waals surface area contributed by atoms with Gasteiger partial charge in [0.15, 0.2) is 5.69 Å². The number of hydrogen-bond acceptors (Lipinski definition) is 3. The van der Waals surface area contributed by atoms with Gasteiger partial charge in [-0.15, -0.1) is 0 Å². The average molecular weight is 435 g/mol. The quantitative estimate of drug-likeness (QED) is 0.648. The van der Waals surface area contributed by atoms with E-state index in [1.165, 1.54) is 24.3 Å². The fourth-order valence-electron chi connectivity index (χ4n) is 2.42. The summed E-state index contributed by atoms with van der Waals surface area (Å²) in [6.07, 6.45) is -4.61. The molecule has 0 fully saturated rings. The van der Waals surface area contributed by atoms with Crippen molar-refractivity contribution in [2.75, 3.05) is 0 Å². The molecule has 1 heterocycles. The molecule has 0 bridgehead atoms. The molecule has 29 heavy (non-hydrogen) atoms. The molecule has 0 amide bonds. The first-order chi connectivity index (χ1) is 12.1. The Kier molecular flexibility index (Phi) is 8.28. The topological polar surface area (TPSA) is 172 Å². The number of hydrogen-bond donors (Lipinski definition) is 1. The monoisotopic (exact) mass is 435 g/mol. The molecule has 0 aliphatic rings. The summed E-state index contributed by atoms with van der Waals surface area (Å²) in [5, 5.41) is 8.70. The summed E-state index contributed by atoms with van der Waals surface area (Å²) in [5.41, 5.74) is 0.996. The molecule has 0 spiro atoms. The van der Waals surface area contributed by atoms with Crippen LogP contribution in [-0.2, 0) is 16.2 Å². The highest BCUT2D eigenvalue weighted by molar-refractivity contribution is 7.89. The summed E-state index contributed by atoms with van der Waals surface area (Å²) >= 11 is 0. The van der Waals surface area contributed by atoms with E-state index < -0.39 is 21.9 Å². The first kappa shape index (κ1) is 26.2. The fourth-order valence-corrected chi connectivity index (χ4v) is 2.94. The van der Waals surface area contributed by atoms with Crippen LogP contribution in [0, 0.1) is 6.92 Å². The van der Waals surface area contributed by atoms with E-state index >= 15 is 0 Å². The van der Waals surface area contributed by atoms with Crippen LogP contribution in [0.3, 0.4) is 0 Å². The molecule has 0 saturated heterocycles. The number of halogens is 3. The lowest BCUT2D eigenvalue weighted by Crippen LogP contribution is -2.12. The van der Waals surface area contributed by atoms with E-state index in [9.17, 15) is 21.6 Å². The van der Waals surface area contributed by atoms with Crippen molar-refractivity contribution in [3.63, 3.8) is 0 Å². The molecule has 0 radical (unpaired) electrons. The lowest BCUT2D eigenvalue weighted by molar-refractivity contribution is -0.141. The van der Waals surface area contributed by atoms with Crippen molar-refractivity contribution in [3.8, 4) is 16.9 Å². The van der Waals surface area contributed by atoms with E-state index in [0.717, 1.165) is 16.3 Å². The van der Waals surface area contributed by atoms with Gasteiger partial charge in [-0.1, -0.05) is 29.8 Å². The van der Waals surface area contributed by atoms with Crippen LogP contribution >= 0.6 is 0 Å². The number of aromatic nitrogens is 2. The standard InChI is InChI=1S/C17H14F3N3O2S.3H2O/c1-11-2-4-12(5-3-11)15-10-16(17(18,19)20)22-23(15)13-6-8-14(9-7-13)26(21,24)25;;;/h2-10H,1H3,(H2,21,24,25);3*1H2. The minimum atomic E-state index is -4.61. The second-order valence-electron chi connectivity index (χ2n) is 5.73. The molecule has 3 aromatic rings. The van der Waals surface area contributed by atoms with Gasteiger partial charge in [0.05, 0.1) is 16.3 Å². The van der Waals surface area contributed by atoms with Gasteiger partial charge < -0.3 is 16.4 Å². The van der Waals surface area contributed by atoms with Gasteiger partial charge in [-0.2, -0.15) is 18.3 Å². The van der Waals surface area contributed by atoms with E-state index in [-0.39, 0.29) is 32.7 Å². The minimum Gasteiger partial charge on any atom is -0.412 e. The van der Waals surface area contributed by atoms with E-state index in [1.54, 1.807) is 24.3 Å². The molecule has 8 nitrogen and oxygen atoms in total. The number of primary sulfonamides is 1. The van der Waals surface area contributed by atoms with Gasteiger partial charge in [-0.05, 0) is 37.3 Å². The molecule has 0 aliphatic heterocycles. The van der Waals surface area contributed by atoms with Crippen LogP contribution in [0.1, 0.15) is 11.3 Å². The predicted octanol–water partition coefficient (Wildman–Crippen LogP) is 1.04. The maximum absolute atomic E-state index is 13.1. The lowest BCUT2D eigenvalue weighted by atomic mass is 10.1. The number of nitrogens with two attached hydrogens (primary N) is 1. The summed E-state index contributed by atoms with van der Waals surface area (Å²) in [4.78, 5) is -0.138. The Labute approximate surface area is 164 Å². The molecule has 8 N–H and O–H groups in total. The summed E-state index contributed by atoms with van der Waals surface area (Å²) < 4.78 is 63.2. The van der Waals surface area contributed by atoms with Gasteiger partial charge in [0.1, 0.15) is 0 Å². The Balaban J connectivity index is 0.00000261. The summed E-state index contributed by atoms with van der Waals surface area (Å²) in [6.45, 7) is 1.87. The second kappa shape index (κ2) is 9.15. The SMILES string of the molecule is Cc1ccc(-c2cc(C(F)(F)F)nn2-c2ccc(S(N)(=O)=O)cc2)cc1.O.O.O. The molecule has 0 unspecified atom stereocenters. The van der Waals surface area contributed by atoms with Crippen molar-refractivity contribution >= 4 is 10.0 Å². The van der Waals surface area contributed by atoms with Gasteiger partial charge in [0, 0.05) is 5.56 Å². The molecule has 0 aliphatic carbocycles. The fraction of sp³-hybridized carbons (Fsp3) is 0.118. The number of rotatable bonds is 3. The second-order valence-corrected chi connectivity index (χ2v) is 7.29. The van der Waals surface area contributed by atoms with E-state index in [1.807, 2.05) is 6.92 Å². The van der Waals surface area contributed by atoms with Crippen molar-refractivity contribution in [1.29, 1.82) is 0 Å². The first-order valence-electron chi connectivity index (χ1n) is 7.43. The summed E-state index contributed by atoms with van der Waals surface area (Å²) in [5.74, 6) is 0. The van der Waals surface area contributed by atoms with Gasteiger partial charge in [-0.25, -0.2) is 18.2 Å². The van der Waals surface area contributed by atoms with Crippen LogP contribution in [0.4, 0.5) is 13.2 Å². The maximum Gasteiger partial charge on any atom is 0.435 e. The number of benzene rings is 2. The van der Waals surface area contributed by atoms with Crippen molar-refractivity contribution in [1.82, 2.24) is 9.78 Å². The lowest BCUT2D eigenvalue weighted by Gasteiger charge is -2.09. The Bertz CT molecular complexity index is 1050. The zero-order chi connectivity index (χ0) is 19.1. The van der Waals surface area contributed by atoms with Crippen molar-refractivity contribution in [2.45, 2.75) is 18.0 Å². The molecule has 0 atom stereocenters. The number of nitrogens with zero attached hydrogens (tertiary/aromatic N) is 2. The van der Waals surface area contributed by atoms with E-state index in [2.05, 4.69) is 5.10 Å². The van der Waals surface area contributed by atoms with Crippen molar-refractivity contribution < 1.29 is 38.0 Å². The molecule has 2 aromatic carbocycles. The third-order valence-electron chi connectivity index (χ3n) is 3.76. The minimum absolute atomic E-state index is 0. The van der Waals surface area contributed by atoms with Crippen LogP contribution in [0.15, 0.2) is 59.5 Å². The van der Waals surface area contributed by atoms with Gasteiger partial charge in [0.25, 0.3) is 0 Å². The first-order valence-corrected chi connectivity index (χ1v) is 8.98. The molecule has 0 saturated carbocycles. The van der Waals surface area contributed by atoms with Gasteiger partial charge in [0.2, 0.25) is 10.0 Å². The predicted molar refractivity (Wildman–Crippen MR) is 101 cm³/mol. The van der Waals surface area contributed by atoms with E-state index in [4.69, 9.17) is 5.14 Å². The van der Waals surface area contributed by atoms with Gasteiger partial charge in [-0.3, -0.25) is 0 Å². The Morgan fingerprint density at radius 2 is 1.45 bits per heavy atom. The molecule has 1 aromatic heterocycles. The zero-order valence-corrected chi connectivity index (χ0v) is 15.8. The third kappa shape index (κ3) is 5.62. The van der Waals surface area contributed by atoms with Crippen LogP contribution in [-0.4, -0.2) is 34.6 Å². The number of aryl methyl sites for hydroxylation is 1. The van der Waals surface area contributed by atoms with Crippen LogP contribution in [0.25, 0.3) is 16.9 Å².